The van der Waals surface area contributed by atoms with Gasteiger partial charge in [0.1, 0.15) is 17.3 Å². The van der Waals surface area contributed by atoms with Gasteiger partial charge in [0.15, 0.2) is 0 Å². The molecule has 234 valence electrons. The summed E-state index contributed by atoms with van der Waals surface area (Å²) in [6.45, 7) is 5.56. The van der Waals surface area contributed by atoms with Crippen LogP contribution in [-0.4, -0.2) is 53.8 Å². The largest absolute Gasteiger partial charge is 0.497 e. The van der Waals surface area contributed by atoms with Crippen LogP contribution in [0.2, 0.25) is 0 Å². The van der Waals surface area contributed by atoms with Gasteiger partial charge in [0.25, 0.3) is 5.91 Å². The molecular weight excluding hydrogens is 568 g/mol. The maximum atomic E-state index is 13.4. The smallest absolute Gasteiger partial charge is 0.412 e. The van der Waals surface area contributed by atoms with Crippen molar-refractivity contribution >= 4 is 35.2 Å². The molecule has 0 unspecified atom stereocenters. The molecule has 2 amide bonds. The van der Waals surface area contributed by atoms with Crippen LogP contribution in [0.4, 0.5) is 16.2 Å². The van der Waals surface area contributed by atoms with Crippen LogP contribution in [0, 0.1) is 5.41 Å². The molecule has 0 atom stereocenters. The fourth-order valence-corrected chi connectivity index (χ4v) is 4.33. The van der Waals surface area contributed by atoms with E-state index < -0.39 is 18.0 Å². The Morgan fingerprint density at radius 3 is 2.36 bits per heavy atom. The average molecular weight is 607 g/mol. The Labute approximate surface area is 255 Å². The number of carboxylic acids is 1. The lowest BCUT2D eigenvalue weighted by Gasteiger charge is -2.20. The number of nitrogens with one attached hydrogen (secondary N) is 4. The highest BCUT2D eigenvalue weighted by Gasteiger charge is 2.18. The molecule has 0 bridgehead atoms. The quantitative estimate of drug-likeness (QED) is 0.110. The van der Waals surface area contributed by atoms with Gasteiger partial charge in [-0.25, -0.2) is 4.79 Å². The number of hydrogen-bond acceptors (Lipinski definition) is 9. The van der Waals surface area contributed by atoms with E-state index in [0.717, 1.165) is 5.56 Å². The van der Waals surface area contributed by atoms with Gasteiger partial charge in [-0.05, 0) is 92.4 Å². The van der Waals surface area contributed by atoms with Gasteiger partial charge in [0.05, 0.1) is 32.0 Å². The Balaban J connectivity index is 1.85. The molecule has 3 aromatic carbocycles. The fraction of sp³-hybridized carbons (Fsp3) is 0.312. The lowest BCUT2D eigenvalue weighted by Crippen LogP contribution is -2.31. The molecule has 0 aromatic heterocycles. The first-order valence-electron chi connectivity index (χ1n) is 14.0. The van der Waals surface area contributed by atoms with Crippen LogP contribution in [0.5, 0.6) is 11.5 Å². The molecular formula is C32H38N4O8. The highest BCUT2D eigenvalue weighted by atomic mass is 16.5. The third-order valence-electron chi connectivity index (χ3n) is 6.37. The lowest BCUT2D eigenvalue weighted by molar-refractivity contribution is -0.136. The summed E-state index contributed by atoms with van der Waals surface area (Å²) >= 11 is 0. The van der Waals surface area contributed by atoms with Crippen LogP contribution in [0.3, 0.4) is 0 Å². The van der Waals surface area contributed by atoms with Gasteiger partial charge >= 0.3 is 12.1 Å². The second-order valence-electron chi connectivity index (χ2n) is 9.97. The van der Waals surface area contributed by atoms with Crippen LogP contribution in [0.15, 0.2) is 54.6 Å². The van der Waals surface area contributed by atoms with E-state index >= 15 is 0 Å². The zero-order chi connectivity index (χ0) is 32.2. The highest BCUT2D eigenvalue weighted by molar-refractivity contribution is 6.09. The number of carbonyl (C=O) groups is 3. The number of aliphatic hydroxyl groups excluding tert-OH is 1. The third kappa shape index (κ3) is 9.46. The normalized spacial score (nSPS) is 10.6. The first kappa shape index (κ1) is 33.4. The number of carboxylic acid groups (broad SMARTS) is 1. The molecule has 0 aliphatic rings. The molecule has 6 N–H and O–H groups in total. The minimum Gasteiger partial charge on any atom is -0.497 e. The van der Waals surface area contributed by atoms with Gasteiger partial charge in [-0.3, -0.25) is 20.3 Å². The zero-order valence-electron chi connectivity index (χ0n) is 25.2. The number of aliphatic carboxylic acids is 1. The number of ether oxygens (including phenoxy) is 3. The molecule has 12 nitrogen and oxygen atoms in total. The summed E-state index contributed by atoms with van der Waals surface area (Å²) in [5, 5.41) is 35.7. The van der Waals surface area contributed by atoms with Crippen molar-refractivity contribution in [3.8, 4) is 11.5 Å². The second kappa shape index (κ2) is 15.9. The fourth-order valence-electron chi connectivity index (χ4n) is 4.33. The molecule has 3 rings (SSSR count). The van der Waals surface area contributed by atoms with Gasteiger partial charge in [0.2, 0.25) is 0 Å². The molecule has 0 saturated heterocycles. The van der Waals surface area contributed by atoms with Crippen LogP contribution < -0.4 is 25.4 Å². The molecule has 0 aliphatic carbocycles. The molecule has 0 radical (unpaired) electrons. The number of anilines is 2. The zero-order valence-corrected chi connectivity index (χ0v) is 25.2. The van der Waals surface area contributed by atoms with Crippen molar-refractivity contribution < 1.29 is 38.8 Å². The topological polar surface area (TPSA) is 179 Å². The summed E-state index contributed by atoms with van der Waals surface area (Å²) in [6.07, 6.45) is -0.779. The summed E-state index contributed by atoms with van der Waals surface area (Å²) < 4.78 is 16.1. The summed E-state index contributed by atoms with van der Waals surface area (Å²) in [4.78, 5) is 36.4. The maximum absolute atomic E-state index is 13.4. The molecule has 3 aromatic rings. The van der Waals surface area contributed by atoms with E-state index in [2.05, 4.69) is 16.0 Å². The summed E-state index contributed by atoms with van der Waals surface area (Å²) in [5.41, 5.74) is 3.69. The molecule has 0 saturated carbocycles. The predicted octanol–water partition coefficient (Wildman–Crippen LogP) is 4.93. The van der Waals surface area contributed by atoms with Crippen LogP contribution in [0.1, 0.15) is 59.8 Å². The van der Waals surface area contributed by atoms with Gasteiger partial charge in [-0.1, -0.05) is 6.07 Å². The highest BCUT2D eigenvalue weighted by Crippen LogP contribution is 2.30. The second-order valence-corrected chi connectivity index (χ2v) is 9.97. The molecule has 0 aliphatic heterocycles. The van der Waals surface area contributed by atoms with Crippen molar-refractivity contribution in [2.75, 3.05) is 24.4 Å². The van der Waals surface area contributed by atoms with E-state index in [0.29, 0.717) is 39.6 Å². The Morgan fingerprint density at radius 1 is 1.02 bits per heavy atom. The lowest BCUT2D eigenvalue weighted by atomic mass is 9.98. The molecule has 44 heavy (non-hydrogen) atoms. The van der Waals surface area contributed by atoms with Crippen LogP contribution >= 0.6 is 0 Å². The molecule has 0 heterocycles. The monoisotopic (exact) mass is 606 g/mol. The number of amides is 2. The van der Waals surface area contributed by atoms with Gasteiger partial charge in [0, 0.05) is 29.9 Å². The number of hydrogen-bond donors (Lipinski definition) is 6. The number of carbonyl (C=O) groups excluding carboxylic acids is 2. The molecule has 0 spiro atoms. The van der Waals surface area contributed by atoms with E-state index in [1.54, 1.807) is 61.5 Å². The third-order valence-corrected chi connectivity index (χ3v) is 6.37. The Kier molecular flexibility index (Phi) is 12.1. The van der Waals surface area contributed by atoms with Crippen molar-refractivity contribution in [1.82, 2.24) is 5.32 Å². The van der Waals surface area contributed by atoms with E-state index in [9.17, 15) is 24.6 Å². The Morgan fingerprint density at radius 2 is 1.75 bits per heavy atom. The summed E-state index contributed by atoms with van der Waals surface area (Å²) in [5.74, 6) is -0.550. The number of alkyl carbamates (subject to hydrolysis) is 1. The number of rotatable bonds is 14. The minimum absolute atomic E-state index is 0.104. The Bertz CT molecular complexity index is 1490. The average Bonchev–Trinajstić information content (AvgIpc) is 2.99. The SMILES string of the molecule is CCOC(=O)NC(=N)c1ccc(NC(=O)c2cc(OC)ccc2NCc2cc(CO)cc(OC(C)C)c2CCC(=O)O)cc1. The van der Waals surface area contributed by atoms with Gasteiger partial charge < -0.3 is 35.1 Å². The predicted molar refractivity (Wildman–Crippen MR) is 166 cm³/mol. The first-order valence-corrected chi connectivity index (χ1v) is 14.0. The van der Waals surface area contributed by atoms with Crippen molar-refractivity contribution in [2.24, 2.45) is 0 Å². The van der Waals surface area contributed by atoms with E-state index in [1.807, 2.05) is 13.8 Å². The molecule has 12 heteroatoms. The first-order chi connectivity index (χ1) is 21.0. The number of aliphatic hydroxyl groups is 1. The van der Waals surface area contributed by atoms with Crippen molar-refractivity contribution in [3.05, 3.63) is 82.4 Å². The standard InChI is InChI=1S/C32H38N4O8/c1-5-43-32(41)36-30(33)21-6-8-23(9-7-21)35-31(40)26-16-24(42-4)10-12-27(26)34-17-22-14-20(18-37)15-28(44-19(2)3)25(22)11-13-29(38)39/h6-10,12,14-16,19,34,37H,5,11,13,17-18H2,1-4H3,(H,35,40)(H,38,39)(H2,33,36,41). The summed E-state index contributed by atoms with van der Waals surface area (Å²) in [7, 11) is 1.49. The van der Waals surface area contributed by atoms with Gasteiger partial charge in [-0.2, -0.15) is 0 Å². The summed E-state index contributed by atoms with van der Waals surface area (Å²) in [6, 6.07) is 14.9. The van der Waals surface area contributed by atoms with Crippen LogP contribution in [0.25, 0.3) is 0 Å². The van der Waals surface area contributed by atoms with Crippen LogP contribution in [-0.2, 0) is 29.1 Å². The van der Waals surface area contributed by atoms with E-state index in [1.165, 1.54) is 7.11 Å². The number of amidine groups is 1. The van der Waals surface area contributed by atoms with Gasteiger partial charge in [-0.15, -0.1) is 0 Å². The van der Waals surface area contributed by atoms with Crippen molar-refractivity contribution in [1.29, 1.82) is 5.41 Å². The Hall–Kier alpha value is -5.10. The number of benzene rings is 3. The maximum Gasteiger partial charge on any atom is 0.412 e. The van der Waals surface area contributed by atoms with Crippen molar-refractivity contribution in [2.45, 2.75) is 52.9 Å². The molecule has 0 fully saturated rings. The van der Waals surface area contributed by atoms with E-state index in [-0.39, 0.29) is 50.1 Å². The number of methoxy groups -OCH3 is 1. The van der Waals surface area contributed by atoms with E-state index in [4.69, 9.17) is 19.6 Å². The minimum atomic E-state index is -0.945. The van der Waals surface area contributed by atoms with Crippen molar-refractivity contribution in [3.63, 3.8) is 0 Å².